The van der Waals surface area contributed by atoms with Crippen LogP contribution in [-0.4, -0.2) is 60.1 Å². The third-order valence-electron chi connectivity index (χ3n) is 4.17. The number of nitrogens with zero attached hydrogens (tertiary/aromatic N) is 2. The normalized spacial score (nSPS) is 31.9. The summed E-state index contributed by atoms with van der Waals surface area (Å²) < 4.78 is 0. The number of fused-ring (bicyclic) bond motifs is 1. The van der Waals surface area contributed by atoms with Crippen LogP contribution in [0.15, 0.2) is 0 Å². The van der Waals surface area contributed by atoms with E-state index in [0.717, 1.165) is 12.1 Å². The number of hydrogen-bond acceptors (Lipinski definition) is 3. The first-order chi connectivity index (χ1) is 7.85. The molecule has 2 fully saturated rings. The molecule has 2 atom stereocenters. The fraction of sp³-hybridized carbons (Fsp3) is 1.00. The van der Waals surface area contributed by atoms with Crippen LogP contribution in [-0.2, 0) is 0 Å². The van der Waals surface area contributed by atoms with Gasteiger partial charge in [-0.05, 0) is 50.8 Å². The SMILES string of the molecule is CCC1CN2CCCC2CN1CCCSC. The van der Waals surface area contributed by atoms with Crippen LogP contribution in [0.3, 0.4) is 0 Å². The molecule has 0 aliphatic carbocycles. The summed E-state index contributed by atoms with van der Waals surface area (Å²) in [5, 5.41) is 0. The highest BCUT2D eigenvalue weighted by molar-refractivity contribution is 7.98. The van der Waals surface area contributed by atoms with E-state index in [2.05, 4.69) is 23.0 Å². The molecule has 16 heavy (non-hydrogen) atoms. The maximum atomic E-state index is 2.77. The van der Waals surface area contributed by atoms with E-state index in [1.807, 2.05) is 11.8 Å². The van der Waals surface area contributed by atoms with Crippen LogP contribution < -0.4 is 0 Å². The third kappa shape index (κ3) is 2.93. The zero-order valence-electron chi connectivity index (χ0n) is 10.8. The Hall–Kier alpha value is 0.270. The van der Waals surface area contributed by atoms with E-state index in [4.69, 9.17) is 0 Å². The summed E-state index contributed by atoms with van der Waals surface area (Å²) in [6.07, 6.45) is 7.77. The predicted molar refractivity (Wildman–Crippen MR) is 73.2 cm³/mol. The van der Waals surface area contributed by atoms with Crippen molar-refractivity contribution in [2.45, 2.75) is 44.7 Å². The van der Waals surface area contributed by atoms with Crippen LogP contribution >= 0.6 is 11.8 Å². The van der Waals surface area contributed by atoms with Gasteiger partial charge in [-0.1, -0.05) is 6.92 Å². The minimum absolute atomic E-state index is 0.830. The van der Waals surface area contributed by atoms with Crippen molar-refractivity contribution in [3.05, 3.63) is 0 Å². The van der Waals surface area contributed by atoms with Crippen LogP contribution in [0.1, 0.15) is 32.6 Å². The van der Waals surface area contributed by atoms with E-state index in [9.17, 15) is 0 Å². The summed E-state index contributed by atoms with van der Waals surface area (Å²) in [5.74, 6) is 1.32. The molecule has 0 aromatic heterocycles. The Bertz CT molecular complexity index is 210. The summed E-state index contributed by atoms with van der Waals surface area (Å²) >= 11 is 1.98. The van der Waals surface area contributed by atoms with E-state index >= 15 is 0 Å². The summed E-state index contributed by atoms with van der Waals surface area (Å²) in [6, 6.07) is 1.72. The summed E-state index contributed by atoms with van der Waals surface area (Å²) in [4.78, 5) is 5.50. The maximum absolute atomic E-state index is 2.77. The summed E-state index contributed by atoms with van der Waals surface area (Å²) in [7, 11) is 0. The van der Waals surface area contributed by atoms with Gasteiger partial charge in [0, 0.05) is 25.2 Å². The molecule has 0 N–H and O–H groups in total. The predicted octanol–water partition coefficient (Wildman–Crippen LogP) is 2.30. The highest BCUT2D eigenvalue weighted by atomic mass is 32.2. The molecule has 2 saturated heterocycles. The molecular formula is C13H26N2S. The first kappa shape index (κ1) is 12.7. The van der Waals surface area contributed by atoms with E-state index < -0.39 is 0 Å². The number of hydrogen-bond donors (Lipinski definition) is 0. The van der Waals surface area contributed by atoms with Crippen LogP contribution in [0.5, 0.6) is 0 Å². The topological polar surface area (TPSA) is 6.48 Å². The molecule has 0 saturated carbocycles. The molecule has 0 bridgehead atoms. The minimum atomic E-state index is 0.830. The Balaban J connectivity index is 1.84. The van der Waals surface area contributed by atoms with Gasteiger partial charge in [-0.25, -0.2) is 0 Å². The van der Waals surface area contributed by atoms with Crippen LogP contribution in [0.25, 0.3) is 0 Å². The molecule has 0 amide bonds. The van der Waals surface area contributed by atoms with Crippen molar-refractivity contribution in [1.82, 2.24) is 9.80 Å². The zero-order chi connectivity index (χ0) is 11.4. The second-order valence-electron chi connectivity index (χ2n) is 5.19. The lowest BCUT2D eigenvalue weighted by Gasteiger charge is -2.43. The number of piperazine rings is 1. The Labute approximate surface area is 105 Å². The van der Waals surface area contributed by atoms with Crippen molar-refractivity contribution in [1.29, 1.82) is 0 Å². The van der Waals surface area contributed by atoms with Crippen molar-refractivity contribution < 1.29 is 0 Å². The van der Waals surface area contributed by atoms with Gasteiger partial charge in [0.25, 0.3) is 0 Å². The fourth-order valence-electron chi connectivity index (χ4n) is 3.22. The molecule has 2 heterocycles. The Morgan fingerprint density at radius 2 is 2.19 bits per heavy atom. The van der Waals surface area contributed by atoms with E-state index in [1.165, 1.54) is 57.6 Å². The lowest BCUT2D eigenvalue weighted by molar-refractivity contribution is 0.0496. The first-order valence-electron chi connectivity index (χ1n) is 6.82. The van der Waals surface area contributed by atoms with Crippen LogP contribution in [0.4, 0.5) is 0 Å². The van der Waals surface area contributed by atoms with Gasteiger partial charge in [0.1, 0.15) is 0 Å². The second kappa shape index (κ2) is 6.27. The lowest BCUT2D eigenvalue weighted by atomic mass is 10.0. The smallest absolute Gasteiger partial charge is 0.0224 e. The second-order valence-corrected chi connectivity index (χ2v) is 6.18. The maximum Gasteiger partial charge on any atom is 0.0224 e. The van der Waals surface area contributed by atoms with Crippen LogP contribution in [0, 0.1) is 0 Å². The van der Waals surface area contributed by atoms with Crippen LogP contribution in [0.2, 0.25) is 0 Å². The monoisotopic (exact) mass is 242 g/mol. The van der Waals surface area contributed by atoms with Gasteiger partial charge in [0.2, 0.25) is 0 Å². The molecule has 3 heteroatoms. The van der Waals surface area contributed by atoms with E-state index in [0.29, 0.717) is 0 Å². The molecule has 0 radical (unpaired) electrons. The average Bonchev–Trinajstić information content (AvgIpc) is 2.75. The van der Waals surface area contributed by atoms with Gasteiger partial charge in [-0.3, -0.25) is 9.80 Å². The highest BCUT2D eigenvalue weighted by Crippen LogP contribution is 2.25. The molecule has 2 aliphatic rings. The van der Waals surface area contributed by atoms with Gasteiger partial charge in [-0.2, -0.15) is 11.8 Å². The molecule has 2 unspecified atom stereocenters. The molecular weight excluding hydrogens is 216 g/mol. The minimum Gasteiger partial charge on any atom is -0.298 e. The Morgan fingerprint density at radius 1 is 1.31 bits per heavy atom. The zero-order valence-corrected chi connectivity index (χ0v) is 11.6. The van der Waals surface area contributed by atoms with Crippen molar-refractivity contribution in [3.63, 3.8) is 0 Å². The van der Waals surface area contributed by atoms with Gasteiger partial charge in [0.15, 0.2) is 0 Å². The van der Waals surface area contributed by atoms with Crippen molar-refractivity contribution in [3.8, 4) is 0 Å². The average molecular weight is 242 g/mol. The van der Waals surface area contributed by atoms with Gasteiger partial charge in [-0.15, -0.1) is 0 Å². The summed E-state index contributed by atoms with van der Waals surface area (Å²) in [6.45, 7) is 7.71. The molecule has 2 rings (SSSR count). The Morgan fingerprint density at radius 3 is 2.94 bits per heavy atom. The molecule has 0 aromatic carbocycles. The lowest BCUT2D eigenvalue weighted by Crippen LogP contribution is -2.55. The van der Waals surface area contributed by atoms with Gasteiger partial charge in [0.05, 0.1) is 0 Å². The van der Waals surface area contributed by atoms with Crippen molar-refractivity contribution in [2.75, 3.05) is 38.2 Å². The van der Waals surface area contributed by atoms with Crippen molar-refractivity contribution in [2.24, 2.45) is 0 Å². The third-order valence-corrected chi connectivity index (χ3v) is 4.87. The quantitative estimate of drug-likeness (QED) is 0.683. The van der Waals surface area contributed by atoms with E-state index in [-0.39, 0.29) is 0 Å². The highest BCUT2D eigenvalue weighted by Gasteiger charge is 2.34. The molecule has 0 aromatic rings. The van der Waals surface area contributed by atoms with Crippen molar-refractivity contribution >= 4 is 11.8 Å². The molecule has 2 nitrogen and oxygen atoms in total. The largest absolute Gasteiger partial charge is 0.298 e. The van der Waals surface area contributed by atoms with E-state index in [1.54, 1.807) is 0 Å². The standard InChI is InChI=1S/C13H26N2S/c1-3-12-10-15-7-4-6-13(15)11-14(12)8-5-9-16-2/h12-13H,3-11H2,1-2H3. The molecule has 0 spiro atoms. The fourth-order valence-corrected chi connectivity index (χ4v) is 3.64. The Kier molecular flexibility index (Phi) is 4.98. The molecule has 2 aliphatic heterocycles. The number of rotatable bonds is 5. The van der Waals surface area contributed by atoms with Gasteiger partial charge < -0.3 is 0 Å². The summed E-state index contributed by atoms with van der Waals surface area (Å²) in [5.41, 5.74) is 0. The first-order valence-corrected chi connectivity index (χ1v) is 8.21. The molecule has 94 valence electrons. The van der Waals surface area contributed by atoms with Gasteiger partial charge >= 0.3 is 0 Å². The number of thioether (sulfide) groups is 1.